The molecule has 3 rings (SSSR count). The Labute approximate surface area is 141 Å². The topological polar surface area (TPSA) is 62.6 Å². The van der Waals surface area contributed by atoms with Crippen molar-refractivity contribution in [3.8, 4) is 0 Å². The first kappa shape index (κ1) is 16.3. The summed E-state index contributed by atoms with van der Waals surface area (Å²) in [6.07, 6.45) is 1.59. The van der Waals surface area contributed by atoms with Crippen LogP contribution in [0.5, 0.6) is 0 Å². The fourth-order valence-electron chi connectivity index (χ4n) is 3.06. The molecule has 2 heterocycles. The molecule has 1 aromatic heterocycles. The van der Waals surface area contributed by atoms with E-state index < -0.39 is 0 Å². The third kappa shape index (κ3) is 3.67. The number of benzene rings is 1. The number of carbonyl (C=O) groups is 2. The quantitative estimate of drug-likeness (QED) is 0.919. The Morgan fingerprint density at radius 1 is 1.25 bits per heavy atom. The van der Waals surface area contributed by atoms with Crippen LogP contribution in [0.3, 0.4) is 0 Å². The highest BCUT2D eigenvalue weighted by Crippen LogP contribution is 2.16. The third-order valence-electron chi connectivity index (χ3n) is 4.27. The molecule has 24 heavy (non-hydrogen) atoms. The van der Waals surface area contributed by atoms with Crippen LogP contribution in [0.4, 0.5) is 0 Å². The molecule has 0 spiro atoms. The maximum absolute atomic E-state index is 12.2. The van der Waals surface area contributed by atoms with Crippen LogP contribution in [0.2, 0.25) is 0 Å². The van der Waals surface area contributed by atoms with Gasteiger partial charge in [0.15, 0.2) is 0 Å². The normalized spacial score (nSPS) is 14.2. The smallest absolute Gasteiger partial charge is 0.255 e. The number of nitrogens with zero attached hydrogens (tertiary/aromatic N) is 1. The summed E-state index contributed by atoms with van der Waals surface area (Å²) in [5.41, 5.74) is 2.68. The lowest BCUT2D eigenvalue weighted by molar-refractivity contribution is -0.128. The summed E-state index contributed by atoms with van der Waals surface area (Å²) in [4.78, 5) is 25.8. The SMILES string of the molecule is Cc1cc(C(=O)NCc2cccc(CN3CCCC3=O)c2)c(C)o1. The Hall–Kier alpha value is -2.56. The van der Waals surface area contributed by atoms with E-state index in [0.29, 0.717) is 30.8 Å². The van der Waals surface area contributed by atoms with Gasteiger partial charge < -0.3 is 14.6 Å². The molecule has 2 amide bonds. The maximum Gasteiger partial charge on any atom is 0.255 e. The Morgan fingerprint density at radius 2 is 2.04 bits per heavy atom. The van der Waals surface area contributed by atoms with Gasteiger partial charge in [-0.3, -0.25) is 9.59 Å². The second-order valence-corrected chi connectivity index (χ2v) is 6.25. The molecular weight excluding hydrogens is 304 g/mol. The number of amides is 2. The molecule has 0 atom stereocenters. The van der Waals surface area contributed by atoms with E-state index in [-0.39, 0.29) is 11.8 Å². The van der Waals surface area contributed by atoms with Gasteiger partial charge in [0.1, 0.15) is 11.5 Å². The van der Waals surface area contributed by atoms with Crippen LogP contribution in [0.15, 0.2) is 34.7 Å². The summed E-state index contributed by atoms with van der Waals surface area (Å²) in [7, 11) is 0. The molecule has 0 radical (unpaired) electrons. The third-order valence-corrected chi connectivity index (χ3v) is 4.27. The number of nitrogens with one attached hydrogen (secondary N) is 1. The summed E-state index contributed by atoms with van der Waals surface area (Å²) in [6, 6.07) is 9.74. The van der Waals surface area contributed by atoms with Crippen LogP contribution in [-0.2, 0) is 17.9 Å². The molecule has 1 aliphatic heterocycles. The molecule has 0 bridgehead atoms. The zero-order chi connectivity index (χ0) is 17.1. The molecule has 126 valence electrons. The van der Waals surface area contributed by atoms with Crippen molar-refractivity contribution in [1.29, 1.82) is 0 Å². The highest BCUT2D eigenvalue weighted by Gasteiger charge is 2.20. The summed E-state index contributed by atoms with van der Waals surface area (Å²) in [6.45, 7) is 5.53. The van der Waals surface area contributed by atoms with Crippen LogP contribution in [0, 0.1) is 13.8 Å². The minimum Gasteiger partial charge on any atom is -0.466 e. The molecule has 0 unspecified atom stereocenters. The average Bonchev–Trinajstić information content (AvgIpc) is 3.11. The van der Waals surface area contributed by atoms with E-state index in [4.69, 9.17) is 4.42 Å². The number of carbonyl (C=O) groups excluding carboxylic acids is 2. The highest BCUT2D eigenvalue weighted by molar-refractivity contribution is 5.95. The monoisotopic (exact) mass is 326 g/mol. The van der Waals surface area contributed by atoms with Crippen LogP contribution in [0.25, 0.3) is 0 Å². The molecule has 5 nitrogen and oxygen atoms in total. The van der Waals surface area contributed by atoms with E-state index in [9.17, 15) is 9.59 Å². The van der Waals surface area contributed by atoms with Crippen LogP contribution >= 0.6 is 0 Å². The maximum atomic E-state index is 12.2. The van der Waals surface area contributed by atoms with Crippen molar-refractivity contribution in [1.82, 2.24) is 10.2 Å². The van der Waals surface area contributed by atoms with E-state index in [1.807, 2.05) is 36.1 Å². The van der Waals surface area contributed by atoms with Crippen molar-refractivity contribution in [3.63, 3.8) is 0 Å². The highest BCUT2D eigenvalue weighted by atomic mass is 16.3. The number of aryl methyl sites for hydroxylation is 2. The second kappa shape index (κ2) is 6.91. The molecule has 1 aromatic carbocycles. The van der Waals surface area contributed by atoms with Gasteiger partial charge in [0, 0.05) is 26.1 Å². The minimum absolute atomic E-state index is 0.135. The molecule has 1 aliphatic rings. The van der Waals surface area contributed by atoms with E-state index in [0.717, 1.165) is 29.9 Å². The molecule has 1 N–H and O–H groups in total. The summed E-state index contributed by atoms with van der Waals surface area (Å²) < 4.78 is 5.39. The van der Waals surface area contributed by atoms with Gasteiger partial charge in [0.2, 0.25) is 5.91 Å². The Bertz CT molecular complexity index is 764. The largest absolute Gasteiger partial charge is 0.466 e. The predicted molar refractivity (Wildman–Crippen MR) is 90.4 cm³/mol. The first-order chi connectivity index (χ1) is 11.5. The minimum atomic E-state index is -0.135. The second-order valence-electron chi connectivity index (χ2n) is 6.25. The molecule has 0 aliphatic carbocycles. The molecule has 5 heteroatoms. The molecule has 1 fully saturated rings. The van der Waals surface area contributed by atoms with Gasteiger partial charge in [0.25, 0.3) is 5.91 Å². The van der Waals surface area contributed by atoms with E-state index in [1.54, 1.807) is 13.0 Å². The van der Waals surface area contributed by atoms with E-state index >= 15 is 0 Å². The lowest BCUT2D eigenvalue weighted by Crippen LogP contribution is -2.24. The van der Waals surface area contributed by atoms with E-state index in [2.05, 4.69) is 5.32 Å². The predicted octanol–water partition coefficient (Wildman–Crippen LogP) is 2.95. The summed E-state index contributed by atoms with van der Waals surface area (Å²) in [5.74, 6) is 1.45. The van der Waals surface area contributed by atoms with Crippen LogP contribution < -0.4 is 5.32 Å². The molecule has 1 saturated heterocycles. The van der Waals surface area contributed by atoms with Gasteiger partial charge in [-0.05, 0) is 37.5 Å². The van der Waals surface area contributed by atoms with E-state index in [1.165, 1.54) is 0 Å². The van der Waals surface area contributed by atoms with Gasteiger partial charge in [-0.2, -0.15) is 0 Å². The average molecular weight is 326 g/mol. The summed E-state index contributed by atoms with van der Waals surface area (Å²) in [5, 5.41) is 2.92. The van der Waals surface area contributed by atoms with Crippen molar-refractivity contribution >= 4 is 11.8 Å². The van der Waals surface area contributed by atoms with Gasteiger partial charge >= 0.3 is 0 Å². The lowest BCUT2D eigenvalue weighted by Gasteiger charge is -2.16. The molecule has 0 saturated carbocycles. The Kier molecular flexibility index (Phi) is 4.69. The van der Waals surface area contributed by atoms with Crippen molar-refractivity contribution in [2.24, 2.45) is 0 Å². The van der Waals surface area contributed by atoms with Crippen molar-refractivity contribution in [2.75, 3.05) is 6.54 Å². The molecule has 2 aromatic rings. The van der Waals surface area contributed by atoms with Crippen LogP contribution in [-0.4, -0.2) is 23.3 Å². The Morgan fingerprint density at radius 3 is 2.71 bits per heavy atom. The van der Waals surface area contributed by atoms with Gasteiger partial charge in [-0.15, -0.1) is 0 Å². The number of furan rings is 1. The standard InChI is InChI=1S/C19H22N2O3/c1-13-9-17(14(2)24-13)19(23)20-11-15-5-3-6-16(10-15)12-21-8-4-7-18(21)22/h3,5-6,9-10H,4,7-8,11-12H2,1-2H3,(H,20,23). The van der Waals surface area contributed by atoms with Crippen LogP contribution in [0.1, 0.15) is 45.8 Å². The number of hydrogen-bond acceptors (Lipinski definition) is 3. The van der Waals surface area contributed by atoms with Gasteiger partial charge in [0.05, 0.1) is 5.56 Å². The van der Waals surface area contributed by atoms with Crippen molar-refractivity contribution in [2.45, 2.75) is 39.8 Å². The van der Waals surface area contributed by atoms with Crippen molar-refractivity contribution < 1.29 is 14.0 Å². The number of rotatable bonds is 5. The van der Waals surface area contributed by atoms with Gasteiger partial charge in [-0.1, -0.05) is 24.3 Å². The van der Waals surface area contributed by atoms with Gasteiger partial charge in [-0.25, -0.2) is 0 Å². The fourth-order valence-corrected chi connectivity index (χ4v) is 3.06. The van der Waals surface area contributed by atoms with Crippen molar-refractivity contribution in [3.05, 3.63) is 58.5 Å². The zero-order valence-corrected chi connectivity index (χ0v) is 14.1. The lowest BCUT2D eigenvalue weighted by atomic mass is 10.1. The fraction of sp³-hybridized carbons (Fsp3) is 0.368. The Balaban J connectivity index is 1.61. The number of hydrogen-bond donors (Lipinski definition) is 1. The zero-order valence-electron chi connectivity index (χ0n) is 14.1. The number of likely N-dealkylation sites (tertiary alicyclic amines) is 1. The molecular formula is C19H22N2O3. The first-order valence-electron chi connectivity index (χ1n) is 8.24. The first-order valence-corrected chi connectivity index (χ1v) is 8.24. The summed E-state index contributed by atoms with van der Waals surface area (Å²) >= 11 is 0.